The molecule has 120 heavy (non-hydrogen) atoms. The fourth-order valence-corrected chi connectivity index (χ4v) is 16.6. The molecule has 19 aromatic rings. The molecular weight excluding hydrogens is 1490 g/mol. The number of fused-ring (bicyclic) bond motifs is 64. The molecule has 24 nitrogen and oxygen atoms in total. The smallest absolute Gasteiger partial charge is 0.0873 e. The van der Waals surface area contributed by atoms with Gasteiger partial charge < -0.3 is 89.7 Å². The summed E-state index contributed by atoms with van der Waals surface area (Å²) < 4.78 is 0. The number of aliphatic imine (C=N–C) groups is 4. The van der Waals surface area contributed by atoms with E-state index in [2.05, 4.69) is 260 Å². The number of allylic oxidation sites excluding steroid dienone is 4. The van der Waals surface area contributed by atoms with Gasteiger partial charge in [-0.25, -0.2) is 29.9 Å². The topological polar surface area (TPSA) is 359 Å². The zero-order chi connectivity index (χ0) is 78.6. The summed E-state index contributed by atoms with van der Waals surface area (Å²) in [5, 5.41) is 3.78. The monoisotopic (exact) mass is 1550 g/mol. The highest BCUT2D eigenvalue weighted by atomic mass is 15.0. The van der Waals surface area contributed by atoms with Crippen LogP contribution in [-0.4, -0.2) is 123 Å². The standard InChI is InChI=1S/C32H24N8.C32H22N8.C32H20N8/c3*1-2-18-20-5-6-23(35-20)24-9-10-27(37-24)28-13-14-31(39-28)32-16-15-30(40-32)29-12-11-26(38-29)25-8-7-22(36-25)21-4-3-19(34-21)17(1)33-18/h1-16,33-40H;1-16,33-35,38-40H;1-16,33,36-37,40H. The van der Waals surface area contributed by atoms with E-state index in [4.69, 9.17) is 29.9 Å². The highest BCUT2D eigenvalue weighted by molar-refractivity contribution is 6.18. The molecule has 0 spiro atoms. The van der Waals surface area contributed by atoms with Gasteiger partial charge in [0.15, 0.2) is 0 Å². The van der Waals surface area contributed by atoms with Gasteiger partial charge in [0.05, 0.1) is 270 Å². The van der Waals surface area contributed by atoms with Gasteiger partial charge in [-0.1, -0.05) is 0 Å². The van der Waals surface area contributed by atoms with E-state index in [-0.39, 0.29) is 0 Å². The molecule has 27 rings (SSSR count). The van der Waals surface area contributed by atoms with Crippen molar-refractivity contribution in [2.45, 2.75) is 0 Å². The van der Waals surface area contributed by atoms with Crippen LogP contribution in [0.4, 0.5) is 0 Å². The summed E-state index contributed by atoms with van der Waals surface area (Å²) in [5.74, 6) is 0. The molecule has 0 saturated heterocycles. The van der Waals surface area contributed by atoms with Crippen LogP contribution in [-0.2, 0) is 0 Å². The average Bonchev–Trinajstić information content (AvgIpc) is 1.65. The molecule has 48 bridgehead atoms. The summed E-state index contributed by atoms with van der Waals surface area (Å²) in [7, 11) is 0. The van der Waals surface area contributed by atoms with E-state index in [0.29, 0.717) is 0 Å². The zero-order valence-electron chi connectivity index (χ0n) is 63.4. The fraction of sp³-hybridized carbons (Fsp3) is 0. The third-order valence-corrected chi connectivity index (χ3v) is 23.0. The lowest BCUT2D eigenvalue weighted by Gasteiger charge is -1.99. The molecule has 0 unspecified atom stereocenters. The van der Waals surface area contributed by atoms with Crippen LogP contribution in [0.2, 0.25) is 0 Å². The van der Waals surface area contributed by atoms with Crippen molar-refractivity contribution < 1.29 is 0 Å². The van der Waals surface area contributed by atoms with Gasteiger partial charge in [-0.05, 0) is 291 Å². The van der Waals surface area contributed by atoms with Crippen LogP contribution in [0.5, 0.6) is 0 Å². The Hall–Kier alpha value is -17.3. The number of nitrogens with one attached hydrogen (secondary N) is 18. The highest BCUT2D eigenvalue weighted by Gasteiger charge is 2.21. The van der Waals surface area contributed by atoms with Crippen molar-refractivity contribution in [1.29, 1.82) is 0 Å². The third-order valence-electron chi connectivity index (χ3n) is 23.0. The van der Waals surface area contributed by atoms with Crippen LogP contribution in [0, 0.1) is 0 Å². The lowest BCUT2D eigenvalue weighted by atomic mass is 10.2. The predicted molar refractivity (Wildman–Crippen MR) is 480 cm³/mol. The molecule has 0 atom stereocenters. The van der Waals surface area contributed by atoms with Gasteiger partial charge in [0, 0.05) is 0 Å². The minimum Gasteiger partial charge on any atom is -0.352 e. The summed E-state index contributed by atoms with van der Waals surface area (Å²) in [6.45, 7) is 0. The first-order chi connectivity index (χ1) is 59.2. The van der Waals surface area contributed by atoms with Crippen molar-refractivity contribution in [1.82, 2.24) is 99.7 Å². The van der Waals surface area contributed by atoms with Gasteiger partial charge >= 0.3 is 0 Å². The van der Waals surface area contributed by atoms with E-state index in [0.717, 1.165) is 270 Å². The number of rotatable bonds is 0. The first-order valence-electron chi connectivity index (χ1n) is 39.5. The van der Waals surface area contributed by atoms with E-state index >= 15 is 0 Å². The van der Waals surface area contributed by atoms with Crippen LogP contribution in [0.1, 0.15) is 45.6 Å². The molecule has 27 heterocycles. The number of hydrogen-bond donors (Lipinski definition) is 18. The molecule has 24 heteroatoms. The third kappa shape index (κ3) is 11.5. The minimum absolute atomic E-state index is 0.880. The number of nitrogens with zero attached hydrogens (tertiary/aromatic N) is 6. The average molecular weight is 1560 g/mol. The zero-order valence-corrected chi connectivity index (χ0v) is 63.4. The lowest BCUT2D eigenvalue weighted by Crippen LogP contribution is -2.13. The van der Waals surface area contributed by atoms with Gasteiger partial charge in [0.1, 0.15) is 0 Å². The maximum absolute atomic E-state index is 4.90. The van der Waals surface area contributed by atoms with Crippen LogP contribution >= 0.6 is 0 Å². The van der Waals surface area contributed by atoms with Crippen molar-refractivity contribution in [3.05, 3.63) is 334 Å². The largest absolute Gasteiger partial charge is 0.352 e. The van der Waals surface area contributed by atoms with Crippen LogP contribution in [0.3, 0.4) is 0 Å². The van der Waals surface area contributed by atoms with Gasteiger partial charge in [-0.3, -0.25) is 0 Å². The van der Waals surface area contributed by atoms with Gasteiger partial charge in [0.2, 0.25) is 0 Å². The summed E-state index contributed by atoms with van der Waals surface area (Å²) >= 11 is 0. The maximum Gasteiger partial charge on any atom is 0.0873 e. The van der Waals surface area contributed by atoms with Crippen molar-refractivity contribution in [3.8, 4) is 91.1 Å². The van der Waals surface area contributed by atoms with Crippen molar-refractivity contribution >= 4 is 136 Å². The van der Waals surface area contributed by atoms with E-state index in [9.17, 15) is 0 Å². The fourth-order valence-electron chi connectivity index (χ4n) is 16.6. The summed E-state index contributed by atoms with van der Waals surface area (Å²) in [6.07, 6.45) is 24.4. The van der Waals surface area contributed by atoms with Crippen molar-refractivity contribution in [2.24, 2.45) is 20.0 Å². The lowest BCUT2D eigenvalue weighted by molar-refractivity contribution is 1.23. The molecule has 0 fully saturated rings. The molecule has 0 radical (unpaired) electrons. The molecule has 0 aromatic carbocycles. The second-order valence-corrected chi connectivity index (χ2v) is 30.4. The second-order valence-electron chi connectivity index (χ2n) is 30.4. The summed E-state index contributed by atoms with van der Waals surface area (Å²) in [5.41, 5.74) is 42.8. The van der Waals surface area contributed by atoms with Crippen molar-refractivity contribution in [2.75, 3.05) is 0 Å². The summed E-state index contributed by atoms with van der Waals surface area (Å²) in [6, 6.07) is 75.0. The van der Waals surface area contributed by atoms with Crippen LogP contribution < -0.4 is 21.4 Å². The number of aromatic amines is 18. The Labute approximate surface area is 676 Å². The SMILES string of the molecule is C1=CC2=c3ccc([nH]3)=C3C=CC(=N3)c3ccc([nH]3)C3=NC(=c4ccc([nH]4)=C4C=CC(=N4)c4ccc([nH]4)C1=N2)C=C3.C1=Cc2nc1c1ccc([nH]1)c1ccc([nH]1)c1ccc([nH]1)c1nc(c3ccc([nH]3)c3ccc([nH]3)c3ccc2[nH]3)C=C1.c1cc2[nH]c1-c1ccc([nH]1)-c1ccc([nH]1)-c1ccc([nH]1)-c1ccc([nH]1)-c1ccc([nH]1)-c1ccc([nH]1)-c1ccc-2[nH]1. The Balaban J connectivity index is 0.0000000997. The molecule has 0 aliphatic carbocycles. The van der Waals surface area contributed by atoms with Crippen LogP contribution in [0.25, 0.3) is 204 Å². The number of hydrogen-bond acceptors (Lipinski definition) is 6. The minimum atomic E-state index is 0.880. The first kappa shape index (κ1) is 66.2. The molecule has 18 N–H and O–H groups in total. The molecular formula is C96H66N24. The molecule has 19 aromatic heterocycles. The van der Waals surface area contributed by atoms with Crippen molar-refractivity contribution in [3.63, 3.8) is 0 Å². The highest BCUT2D eigenvalue weighted by Crippen LogP contribution is 2.35. The first-order valence-corrected chi connectivity index (χ1v) is 39.5. The molecule has 570 valence electrons. The molecule has 0 saturated carbocycles. The maximum atomic E-state index is 4.90. The quantitative estimate of drug-likeness (QED) is 0.0704. The molecule has 0 amide bonds. The van der Waals surface area contributed by atoms with E-state index < -0.39 is 0 Å². The molecule has 8 aliphatic heterocycles. The normalized spacial score (nSPS) is 14.3. The Kier molecular flexibility index (Phi) is 14.4. The van der Waals surface area contributed by atoms with Gasteiger partial charge in [0.25, 0.3) is 0 Å². The number of H-pyrrole nitrogens is 18. The van der Waals surface area contributed by atoms with E-state index in [1.807, 2.05) is 121 Å². The van der Waals surface area contributed by atoms with Gasteiger partial charge in [-0.15, -0.1) is 0 Å². The number of aromatic nitrogens is 20. The Morgan fingerprint density at radius 1 is 0.125 bits per heavy atom. The van der Waals surface area contributed by atoms with E-state index in [1.165, 1.54) is 0 Å². The van der Waals surface area contributed by atoms with Gasteiger partial charge in [-0.2, -0.15) is 0 Å². The molecule has 8 aliphatic rings. The second kappa shape index (κ2) is 26.1. The van der Waals surface area contributed by atoms with Crippen LogP contribution in [0.15, 0.2) is 287 Å². The Morgan fingerprint density at radius 3 is 0.475 bits per heavy atom. The Morgan fingerprint density at radius 2 is 0.283 bits per heavy atom. The Bertz CT molecular complexity index is 7200. The summed E-state index contributed by atoms with van der Waals surface area (Å²) in [4.78, 5) is 92.9. The predicted octanol–water partition coefficient (Wildman–Crippen LogP) is 17.6. The van der Waals surface area contributed by atoms with E-state index in [1.54, 1.807) is 0 Å².